The van der Waals surface area contributed by atoms with E-state index in [1.165, 1.54) is 25.3 Å². The number of carbonyl (C=O) groups excluding carboxylic acids is 2. The van der Waals surface area contributed by atoms with Crippen LogP contribution in [-0.4, -0.2) is 25.0 Å². The molecule has 1 N–H and O–H groups in total. The third-order valence-electron chi connectivity index (χ3n) is 5.66. The lowest BCUT2D eigenvalue weighted by molar-refractivity contribution is -0.143. The molecule has 1 amide bonds. The molecule has 3 atom stereocenters. The summed E-state index contributed by atoms with van der Waals surface area (Å²) < 4.78 is 24.2. The number of esters is 1. The van der Waals surface area contributed by atoms with Gasteiger partial charge < -0.3 is 14.5 Å². The van der Waals surface area contributed by atoms with Gasteiger partial charge in [0.2, 0.25) is 0 Å². The number of para-hydroxylation sites is 1. The standard InChI is InChI=1S/C24H21ClFNO4/c1-13-17-5-3-4-6-20(17)31-22(13)23(28)27-16-9-7-14(11-16)21(24(29)30-2)18-10-8-15(26)12-19(18)25/h3-10,12,14,16,21H,11H2,1-2H3,(H,27,28)/t14-,16+,21+/m1/s1. The Bertz CT molecular complexity index is 1190. The number of furan rings is 1. The third kappa shape index (κ3) is 4.08. The molecule has 7 heteroatoms. The molecule has 2 aromatic carbocycles. The molecule has 31 heavy (non-hydrogen) atoms. The summed E-state index contributed by atoms with van der Waals surface area (Å²) in [5.41, 5.74) is 1.92. The van der Waals surface area contributed by atoms with E-state index in [0.717, 1.165) is 10.9 Å². The van der Waals surface area contributed by atoms with Crippen LogP contribution in [0.1, 0.15) is 34.0 Å². The van der Waals surface area contributed by atoms with Gasteiger partial charge in [-0.05, 0) is 43.0 Å². The zero-order valence-electron chi connectivity index (χ0n) is 17.0. The fraction of sp³-hybridized carbons (Fsp3) is 0.250. The number of nitrogens with one attached hydrogen (secondary N) is 1. The lowest BCUT2D eigenvalue weighted by Crippen LogP contribution is -2.34. The molecule has 5 nitrogen and oxygen atoms in total. The maximum atomic E-state index is 13.5. The second-order valence-corrected chi connectivity index (χ2v) is 7.99. The number of halogens is 2. The topological polar surface area (TPSA) is 68.5 Å². The van der Waals surface area contributed by atoms with Crippen molar-refractivity contribution >= 4 is 34.4 Å². The van der Waals surface area contributed by atoms with Gasteiger partial charge in [0.15, 0.2) is 5.76 Å². The van der Waals surface area contributed by atoms with Crippen LogP contribution in [0, 0.1) is 18.7 Å². The van der Waals surface area contributed by atoms with E-state index in [-0.39, 0.29) is 28.6 Å². The fourth-order valence-corrected chi connectivity index (χ4v) is 4.40. The predicted molar refractivity (Wildman–Crippen MR) is 116 cm³/mol. The largest absolute Gasteiger partial charge is 0.469 e. The van der Waals surface area contributed by atoms with Crippen molar-refractivity contribution in [2.45, 2.75) is 25.3 Å². The molecule has 3 aromatic rings. The van der Waals surface area contributed by atoms with Gasteiger partial charge in [0.25, 0.3) is 5.91 Å². The SMILES string of the molecule is COC(=O)[C@H](c1ccc(F)cc1Cl)[C@@H]1C=C[C@H](NC(=O)c2oc3ccccc3c2C)C1. The number of allylic oxidation sites excluding steroid dienone is 1. The highest BCUT2D eigenvalue weighted by Crippen LogP contribution is 2.38. The van der Waals surface area contributed by atoms with Crippen LogP contribution in [0.4, 0.5) is 4.39 Å². The van der Waals surface area contributed by atoms with Gasteiger partial charge in [-0.1, -0.05) is 48.0 Å². The molecule has 0 saturated carbocycles. The number of hydrogen-bond acceptors (Lipinski definition) is 4. The van der Waals surface area contributed by atoms with Crippen molar-refractivity contribution in [2.75, 3.05) is 7.11 Å². The Balaban J connectivity index is 1.52. The Morgan fingerprint density at radius 3 is 2.71 bits per heavy atom. The molecule has 0 unspecified atom stereocenters. The number of ether oxygens (including phenoxy) is 1. The molecule has 4 rings (SSSR count). The Morgan fingerprint density at radius 1 is 1.23 bits per heavy atom. The van der Waals surface area contributed by atoms with Gasteiger partial charge in [0.05, 0.1) is 13.0 Å². The zero-order chi connectivity index (χ0) is 22.1. The predicted octanol–water partition coefficient (Wildman–Crippen LogP) is 5.17. The van der Waals surface area contributed by atoms with Gasteiger partial charge in [-0.15, -0.1) is 0 Å². The van der Waals surface area contributed by atoms with E-state index in [1.54, 1.807) is 0 Å². The van der Waals surface area contributed by atoms with Crippen LogP contribution in [-0.2, 0) is 9.53 Å². The van der Waals surface area contributed by atoms with E-state index in [4.69, 9.17) is 20.8 Å². The number of amides is 1. The number of carbonyl (C=O) groups is 2. The first-order valence-corrected chi connectivity index (χ1v) is 10.3. The van der Waals surface area contributed by atoms with Crippen molar-refractivity contribution in [3.63, 3.8) is 0 Å². The summed E-state index contributed by atoms with van der Waals surface area (Å²) >= 11 is 6.21. The molecule has 0 aliphatic heterocycles. The molecule has 0 saturated heterocycles. The first-order valence-electron chi connectivity index (χ1n) is 9.89. The van der Waals surface area contributed by atoms with Crippen molar-refractivity contribution in [2.24, 2.45) is 5.92 Å². The first-order chi connectivity index (χ1) is 14.9. The lowest BCUT2D eigenvalue weighted by atomic mass is 9.85. The van der Waals surface area contributed by atoms with Crippen molar-refractivity contribution in [1.29, 1.82) is 0 Å². The Kier molecular flexibility index (Phi) is 5.83. The Labute approximate surface area is 183 Å². The van der Waals surface area contributed by atoms with Crippen molar-refractivity contribution in [1.82, 2.24) is 5.32 Å². The minimum Gasteiger partial charge on any atom is -0.469 e. The van der Waals surface area contributed by atoms with Gasteiger partial charge in [-0.25, -0.2) is 4.39 Å². The quantitative estimate of drug-likeness (QED) is 0.438. The summed E-state index contributed by atoms with van der Waals surface area (Å²) in [6, 6.07) is 11.1. The third-order valence-corrected chi connectivity index (χ3v) is 5.99. The summed E-state index contributed by atoms with van der Waals surface area (Å²) in [5.74, 6) is -1.97. The molecule has 160 valence electrons. The number of methoxy groups -OCH3 is 1. The summed E-state index contributed by atoms with van der Waals surface area (Å²) in [5, 5.41) is 4.00. The Morgan fingerprint density at radius 2 is 2.00 bits per heavy atom. The van der Waals surface area contributed by atoms with Crippen LogP contribution in [0.25, 0.3) is 11.0 Å². The molecule has 1 aliphatic rings. The van der Waals surface area contributed by atoms with Gasteiger partial charge in [0, 0.05) is 22.0 Å². The smallest absolute Gasteiger partial charge is 0.313 e. The zero-order valence-corrected chi connectivity index (χ0v) is 17.8. The van der Waals surface area contributed by atoms with Crippen LogP contribution >= 0.6 is 11.6 Å². The van der Waals surface area contributed by atoms with Crippen LogP contribution < -0.4 is 5.32 Å². The summed E-state index contributed by atoms with van der Waals surface area (Å²) in [7, 11) is 1.30. The number of benzene rings is 2. The maximum Gasteiger partial charge on any atom is 0.313 e. The maximum absolute atomic E-state index is 13.5. The molecular formula is C24H21ClFNO4. The molecule has 1 aromatic heterocycles. The van der Waals surface area contributed by atoms with Gasteiger partial charge in [-0.3, -0.25) is 9.59 Å². The van der Waals surface area contributed by atoms with Crippen LogP contribution in [0.2, 0.25) is 5.02 Å². The number of aryl methyl sites for hydroxylation is 1. The second kappa shape index (κ2) is 8.55. The average molecular weight is 442 g/mol. The van der Waals surface area contributed by atoms with Crippen molar-refractivity contribution in [3.8, 4) is 0 Å². The van der Waals surface area contributed by atoms with Crippen LogP contribution in [0.15, 0.2) is 59.0 Å². The first kappa shape index (κ1) is 21.1. The molecule has 0 spiro atoms. The van der Waals surface area contributed by atoms with Crippen molar-refractivity contribution < 1.29 is 23.1 Å². The van der Waals surface area contributed by atoms with E-state index in [1.807, 2.05) is 43.3 Å². The van der Waals surface area contributed by atoms with E-state index in [0.29, 0.717) is 17.6 Å². The average Bonchev–Trinajstić information content (AvgIpc) is 3.34. The molecule has 0 bridgehead atoms. The summed E-state index contributed by atoms with van der Waals surface area (Å²) in [4.78, 5) is 25.3. The van der Waals surface area contributed by atoms with Crippen molar-refractivity contribution in [3.05, 3.63) is 82.3 Å². The molecule has 1 aliphatic carbocycles. The fourth-order valence-electron chi connectivity index (χ4n) is 4.12. The summed E-state index contributed by atoms with van der Waals surface area (Å²) in [6.07, 6.45) is 4.17. The molecule has 1 heterocycles. The second-order valence-electron chi connectivity index (χ2n) is 7.58. The minimum atomic E-state index is -0.704. The minimum absolute atomic E-state index is 0.161. The molecule has 0 radical (unpaired) electrons. The van der Waals surface area contributed by atoms with E-state index in [2.05, 4.69) is 5.32 Å². The lowest BCUT2D eigenvalue weighted by Gasteiger charge is -2.23. The summed E-state index contributed by atoms with van der Waals surface area (Å²) in [6.45, 7) is 1.85. The van der Waals surface area contributed by atoms with Crippen LogP contribution in [0.5, 0.6) is 0 Å². The number of hydrogen-bond donors (Lipinski definition) is 1. The monoisotopic (exact) mass is 441 g/mol. The molecular weight excluding hydrogens is 421 g/mol. The van der Waals surface area contributed by atoms with E-state index < -0.39 is 17.7 Å². The van der Waals surface area contributed by atoms with Gasteiger partial charge in [-0.2, -0.15) is 0 Å². The van der Waals surface area contributed by atoms with Gasteiger partial charge >= 0.3 is 5.97 Å². The van der Waals surface area contributed by atoms with E-state index >= 15 is 0 Å². The number of fused-ring (bicyclic) bond motifs is 1. The highest BCUT2D eigenvalue weighted by Gasteiger charge is 2.35. The normalized spacial score (nSPS) is 18.8. The van der Waals surface area contributed by atoms with Crippen LogP contribution in [0.3, 0.4) is 0 Å². The highest BCUT2D eigenvalue weighted by atomic mass is 35.5. The molecule has 0 fully saturated rings. The highest BCUT2D eigenvalue weighted by molar-refractivity contribution is 6.31. The van der Waals surface area contributed by atoms with E-state index in [9.17, 15) is 14.0 Å². The Hall–Kier alpha value is -3.12. The van der Waals surface area contributed by atoms with Gasteiger partial charge in [0.1, 0.15) is 11.4 Å². The number of rotatable bonds is 5.